The molecule has 2 aromatic heterocycles. The predicted octanol–water partition coefficient (Wildman–Crippen LogP) is 6.39. The average molecular weight is 437 g/mol. The molecule has 0 N–H and O–H groups in total. The van der Waals surface area contributed by atoms with Gasteiger partial charge < -0.3 is 0 Å². The topological polar surface area (TPSA) is 42.9 Å². The molecule has 5 heteroatoms. The summed E-state index contributed by atoms with van der Waals surface area (Å²) < 4.78 is 13.9. The van der Waals surface area contributed by atoms with Crippen LogP contribution in [-0.2, 0) is 11.2 Å². The molecule has 0 saturated heterocycles. The van der Waals surface area contributed by atoms with Crippen LogP contribution >= 0.6 is 11.6 Å². The van der Waals surface area contributed by atoms with Crippen molar-refractivity contribution in [1.29, 1.82) is 0 Å². The number of pyridine rings is 2. The minimum absolute atomic E-state index is 0.0654. The Balaban J connectivity index is 1.24. The van der Waals surface area contributed by atoms with Crippen molar-refractivity contribution in [3.63, 3.8) is 0 Å². The SMILES string of the molecule is CC(C(=O)Cc1ccc(Cl)nc1)C1C[C@H]2CC(c3ccnc4ccc(F)cc34)C[C@H]2C1. The molecule has 2 saturated carbocycles. The summed E-state index contributed by atoms with van der Waals surface area (Å²) in [6.07, 6.45) is 8.45. The van der Waals surface area contributed by atoms with Crippen LogP contribution in [0.5, 0.6) is 0 Å². The first kappa shape index (κ1) is 20.6. The Morgan fingerprint density at radius 1 is 1.10 bits per heavy atom. The van der Waals surface area contributed by atoms with Crippen LogP contribution in [0.2, 0.25) is 5.15 Å². The minimum atomic E-state index is -0.205. The number of halogens is 2. The third kappa shape index (κ3) is 4.10. The van der Waals surface area contributed by atoms with Gasteiger partial charge in [-0.2, -0.15) is 0 Å². The van der Waals surface area contributed by atoms with Crippen LogP contribution in [0.15, 0.2) is 48.8 Å². The van der Waals surface area contributed by atoms with Gasteiger partial charge in [-0.25, -0.2) is 9.37 Å². The lowest BCUT2D eigenvalue weighted by atomic mass is 9.83. The number of ketones is 1. The fourth-order valence-electron chi connectivity index (χ4n) is 5.96. The maximum atomic E-state index is 13.9. The van der Waals surface area contributed by atoms with Gasteiger partial charge in [-0.15, -0.1) is 0 Å². The van der Waals surface area contributed by atoms with Crippen LogP contribution in [0.25, 0.3) is 10.9 Å². The third-order valence-corrected chi connectivity index (χ3v) is 7.83. The van der Waals surface area contributed by atoms with Crippen molar-refractivity contribution in [2.75, 3.05) is 0 Å². The van der Waals surface area contributed by atoms with Crippen LogP contribution in [-0.4, -0.2) is 15.8 Å². The quantitative estimate of drug-likeness (QED) is 0.435. The normalized spacial score (nSPS) is 26.2. The number of benzene rings is 1. The molecule has 0 bridgehead atoms. The fraction of sp³-hybridized carbons (Fsp3) is 0.423. The highest BCUT2D eigenvalue weighted by Gasteiger charge is 2.44. The van der Waals surface area contributed by atoms with Gasteiger partial charge in [-0.05, 0) is 90.8 Å². The van der Waals surface area contributed by atoms with E-state index in [0.29, 0.717) is 41.0 Å². The zero-order valence-electron chi connectivity index (χ0n) is 17.6. The maximum Gasteiger partial charge on any atom is 0.140 e. The molecule has 2 aliphatic rings. The highest BCUT2D eigenvalue weighted by Crippen LogP contribution is 2.54. The number of carbonyl (C=O) groups is 1. The summed E-state index contributed by atoms with van der Waals surface area (Å²) >= 11 is 5.85. The number of hydrogen-bond acceptors (Lipinski definition) is 3. The number of aromatic nitrogens is 2. The number of rotatable bonds is 5. The second-order valence-corrected chi connectivity index (χ2v) is 9.79. The lowest BCUT2D eigenvalue weighted by Gasteiger charge is -2.21. The van der Waals surface area contributed by atoms with Crippen molar-refractivity contribution in [1.82, 2.24) is 9.97 Å². The molecule has 2 fully saturated rings. The van der Waals surface area contributed by atoms with E-state index in [9.17, 15) is 9.18 Å². The van der Waals surface area contributed by atoms with Gasteiger partial charge >= 0.3 is 0 Å². The van der Waals surface area contributed by atoms with Crippen molar-refractivity contribution in [2.24, 2.45) is 23.7 Å². The zero-order chi connectivity index (χ0) is 21.5. The molecule has 0 spiro atoms. The first-order valence-corrected chi connectivity index (χ1v) is 11.5. The highest BCUT2D eigenvalue weighted by molar-refractivity contribution is 6.29. The van der Waals surface area contributed by atoms with Gasteiger partial charge in [0.2, 0.25) is 0 Å². The first-order valence-electron chi connectivity index (χ1n) is 11.1. The van der Waals surface area contributed by atoms with Crippen LogP contribution in [0.1, 0.15) is 49.7 Å². The Morgan fingerprint density at radius 2 is 1.87 bits per heavy atom. The van der Waals surface area contributed by atoms with Gasteiger partial charge in [0.15, 0.2) is 0 Å². The summed E-state index contributed by atoms with van der Waals surface area (Å²) in [5.74, 6) is 2.36. The van der Waals surface area contributed by atoms with Crippen molar-refractivity contribution in [2.45, 2.75) is 44.9 Å². The first-order chi connectivity index (χ1) is 15.0. The molecule has 0 aliphatic heterocycles. The lowest BCUT2D eigenvalue weighted by molar-refractivity contribution is -0.123. The smallest absolute Gasteiger partial charge is 0.140 e. The molecular formula is C26H26ClFN2O. The van der Waals surface area contributed by atoms with E-state index in [-0.39, 0.29) is 11.7 Å². The second kappa shape index (κ2) is 8.31. The van der Waals surface area contributed by atoms with E-state index in [0.717, 1.165) is 42.1 Å². The summed E-state index contributed by atoms with van der Waals surface area (Å²) in [5.41, 5.74) is 3.02. The van der Waals surface area contributed by atoms with Gasteiger partial charge in [0.1, 0.15) is 16.8 Å². The van der Waals surface area contributed by atoms with Crippen molar-refractivity contribution < 1.29 is 9.18 Å². The van der Waals surface area contributed by atoms with Crippen LogP contribution in [0.3, 0.4) is 0 Å². The molecule has 3 unspecified atom stereocenters. The Kier molecular flexibility index (Phi) is 5.51. The van der Waals surface area contributed by atoms with Gasteiger partial charge in [0.25, 0.3) is 0 Å². The molecular weight excluding hydrogens is 411 g/mol. The second-order valence-electron chi connectivity index (χ2n) is 9.40. The number of Topliss-reactive ketones (excluding diaryl/α,β-unsaturated/α-hetero) is 1. The minimum Gasteiger partial charge on any atom is -0.299 e. The molecule has 0 amide bonds. The van der Waals surface area contributed by atoms with E-state index >= 15 is 0 Å². The number of hydrogen-bond donors (Lipinski definition) is 0. The molecule has 31 heavy (non-hydrogen) atoms. The Bertz CT molecular complexity index is 1100. The predicted molar refractivity (Wildman–Crippen MR) is 121 cm³/mol. The average Bonchev–Trinajstić information content (AvgIpc) is 3.33. The molecule has 2 aliphatic carbocycles. The molecule has 3 aromatic rings. The number of fused-ring (bicyclic) bond motifs is 2. The number of nitrogens with zero attached hydrogens (tertiary/aromatic N) is 2. The largest absolute Gasteiger partial charge is 0.299 e. The maximum absolute atomic E-state index is 13.9. The summed E-state index contributed by atoms with van der Waals surface area (Å²) in [5, 5.41) is 1.40. The fourth-order valence-corrected chi connectivity index (χ4v) is 6.07. The molecule has 3 nitrogen and oxygen atoms in total. The van der Waals surface area contributed by atoms with E-state index < -0.39 is 0 Å². The van der Waals surface area contributed by atoms with Crippen molar-refractivity contribution in [3.8, 4) is 0 Å². The van der Waals surface area contributed by atoms with Gasteiger partial charge in [-0.3, -0.25) is 9.78 Å². The zero-order valence-corrected chi connectivity index (χ0v) is 18.4. The molecule has 5 rings (SSSR count). The van der Waals surface area contributed by atoms with Crippen molar-refractivity contribution >= 4 is 28.3 Å². The van der Waals surface area contributed by atoms with Gasteiger partial charge in [0.05, 0.1) is 5.52 Å². The summed E-state index contributed by atoms with van der Waals surface area (Å²) in [6, 6.07) is 10.6. The van der Waals surface area contributed by atoms with Crippen LogP contribution < -0.4 is 0 Å². The molecule has 0 radical (unpaired) electrons. The monoisotopic (exact) mass is 436 g/mol. The Labute approximate surface area is 187 Å². The van der Waals surface area contributed by atoms with Gasteiger partial charge in [0, 0.05) is 30.1 Å². The molecule has 160 valence electrons. The third-order valence-electron chi connectivity index (χ3n) is 7.61. The van der Waals surface area contributed by atoms with E-state index in [1.165, 1.54) is 11.6 Å². The van der Waals surface area contributed by atoms with E-state index in [1.807, 2.05) is 12.3 Å². The van der Waals surface area contributed by atoms with Crippen molar-refractivity contribution in [3.05, 3.63) is 70.9 Å². The summed E-state index contributed by atoms with van der Waals surface area (Å²) in [6.45, 7) is 2.09. The summed E-state index contributed by atoms with van der Waals surface area (Å²) in [7, 11) is 0. The summed E-state index contributed by atoms with van der Waals surface area (Å²) in [4.78, 5) is 21.4. The van der Waals surface area contributed by atoms with E-state index in [4.69, 9.17) is 11.6 Å². The standard InChI is InChI=1S/C26H26ClFN2O/c1-15(25(31)8-16-2-5-26(27)30-14-16)17-9-18-11-20(12-19(18)10-17)22-6-7-29-24-4-3-21(28)13-23(22)24/h2-7,13-15,17-20H,8-12H2,1H3/t15?,17?,18-,19+,20?. The lowest BCUT2D eigenvalue weighted by Crippen LogP contribution is -2.21. The Morgan fingerprint density at radius 3 is 2.58 bits per heavy atom. The molecule has 2 heterocycles. The van der Waals surface area contributed by atoms with Crippen LogP contribution in [0.4, 0.5) is 4.39 Å². The molecule has 5 atom stereocenters. The van der Waals surface area contributed by atoms with Gasteiger partial charge in [-0.1, -0.05) is 24.6 Å². The molecule has 1 aromatic carbocycles. The van der Waals surface area contributed by atoms with Crippen LogP contribution in [0, 0.1) is 29.5 Å². The van der Waals surface area contributed by atoms with E-state index in [2.05, 4.69) is 23.0 Å². The highest BCUT2D eigenvalue weighted by atomic mass is 35.5. The Hall–Kier alpha value is -2.33. The number of carbonyl (C=O) groups excluding carboxylic acids is 1. The van der Waals surface area contributed by atoms with E-state index in [1.54, 1.807) is 24.4 Å².